The summed E-state index contributed by atoms with van der Waals surface area (Å²) in [5, 5.41) is 13.2. The first-order valence-corrected chi connectivity index (χ1v) is 13.4. The van der Waals surface area contributed by atoms with E-state index in [1.54, 1.807) is 30.5 Å². The predicted octanol–water partition coefficient (Wildman–Crippen LogP) is 5.21. The molecule has 0 aliphatic rings. The zero-order valence-electron chi connectivity index (χ0n) is 20.1. The van der Waals surface area contributed by atoms with Crippen LogP contribution in [-0.4, -0.2) is 66.9 Å². The number of phenolic OH excluding ortho intramolecular Hbond substituents is 1. The lowest BCUT2D eigenvalue weighted by atomic mass is 10.1. The molecule has 1 aromatic carbocycles. The number of ether oxygens (including phenoxy) is 1. The van der Waals surface area contributed by atoms with Gasteiger partial charge in [-0.15, -0.1) is 12.4 Å². The van der Waals surface area contributed by atoms with Gasteiger partial charge in [0.25, 0.3) is 0 Å². The average molecular weight is 585 g/mol. The lowest BCUT2D eigenvalue weighted by molar-refractivity contribution is 0.254. The fourth-order valence-electron chi connectivity index (χ4n) is 3.34. The van der Waals surface area contributed by atoms with Crippen LogP contribution in [0.2, 0.25) is 10.0 Å². The summed E-state index contributed by atoms with van der Waals surface area (Å²) in [7, 11) is 0.242. The van der Waals surface area contributed by atoms with Gasteiger partial charge in [-0.2, -0.15) is 0 Å². The normalized spacial score (nSPS) is 11.4. The van der Waals surface area contributed by atoms with Gasteiger partial charge in [-0.25, -0.2) is 18.4 Å². The lowest BCUT2D eigenvalue weighted by Crippen LogP contribution is -2.19. The van der Waals surface area contributed by atoms with Crippen molar-refractivity contribution in [3.8, 4) is 22.9 Å². The van der Waals surface area contributed by atoms with Crippen molar-refractivity contribution in [3.63, 3.8) is 0 Å². The van der Waals surface area contributed by atoms with E-state index in [1.807, 2.05) is 19.0 Å². The van der Waals surface area contributed by atoms with E-state index in [1.165, 1.54) is 18.3 Å². The number of likely N-dealkylation sites (N-methyl/N-ethyl adjacent to an activating group) is 1. The van der Waals surface area contributed by atoms with Crippen molar-refractivity contribution >= 4 is 67.9 Å². The van der Waals surface area contributed by atoms with Crippen LogP contribution in [0.25, 0.3) is 22.3 Å². The molecular formula is C24H24Cl3N5O4S. The predicted molar refractivity (Wildman–Crippen MR) is 149 cm³/mol. The Labute approximate surface area is 230 Å². The van der Waals surface area contributed by atoms with Gasteiger partial charge in [0.1, 0.15) is 17.0 Å². The minimum Gasteiger partial charge on any atom is -0.505 e. The zero-order valence-corrected chi connectivity index (χ0v) is 23.2. The van der Waals surface area contributed by atoms with Crippen LogP contribution < -0.4 is 10.1 Å². The molecular weight excluding hydrogens is 561 g/mol. The molecule has 0 amide bonds. The Bertz CT molecular complexity index is 1510. The first kappa shape index (κ1) is 28.7. The number of anilines is 2. The van der Waals surface area contributed by atoms with Crippen LogP contribution in [0.4, 0.5) is 11.4 Å². The number of pyridine rings is 3. The first-order chi connectivity index (χ1) is 17.0. The number of hydrogen-bond donors (Lipinski definition) is 2. The quantitative estimate of drug-likeness (QED) is 0.288. The molecule has 0 aliphatic carbocycles. The van der Waals surface area contributed by atoms with Crippen LogP contribution in [0.3, 0.4) is 0 Å². The molecule has 3 aromatic heterocycles. The second kappa shape index (κ2) is 11.7. The Morgan fingerprint density at radius 3 is 2.35 bits per heavy atom. The molecule has 3 heterocycles. The summed E-state index contributed by atoms with van der Waals surface area (Å²) in [6.07, 6.45) is 3.94. The first-order valence-electron chi connectivity index (χ1n) is 10.7. The number of rotatable bonds is 8. The molecule has 0 unspecified atom stereocenters. The molecule has 4 rings (SSSR count). The van der Waals surface area contributed by atoms with Crippen molar-refractivity contribution in [3.05, 3.63) is 58.8 Å². The Morgan fingerprint density at radius 1 is 1.05 bits per heavy atom. The Balaban J connectivity index is 0.00000380. The van der Waals surface area contributed by atoms with E-state index in [0.717, 1.165) is 12.8 Å². The third kappa shape index (κ3) is 6.71. The van der Waals surface area contributed by atoms with Gasteiger partial charge in [0.15, 0.2) is 15.6 Å². The number of hydrogen-bond acceptors (Lipinski definition) is 9. The summed E-state index contributed by atoms with van der Waals surface area (Å²) in [4.78, 5) is 15.2. The molecule has 0 saturated carbocycles. The Kier molecular flexibility index (Phi) is 9.04. The SMILES string of the molecule is CN(C)CCOc1ccc(Nc2c(S(C)(=O)=O)cnc3ccc(-c4cc(Cl)c(O)c(Cl)c4)nc23)cn1.Cl. The van der Waals surface area contributed by atoms with Crippen LogP contribution in [0, 0.1) is 0 Å². The van der Waals surface area contributed by atoms with Gasteiger partial charge in [-0.05, 0) is 44.4 Å². The number of fused-ring (bicyclic) bond motifs is 1. The van der Waals surface area contributed by atoms with E-state index >= 15 is 0 Å². The highest BCUT2D eigenvalue weighted by molar-refractivity contribution is 7.90. The van der Waals surface area contributed by atoms with E-state index < -0.39 is 9.84 Å². The molecule has 0 atom stereocenters. The van der Waals surface area contributed by atoms with Crippen molar-refractivity contribution < 1.29 is 18.3 Å². The molecule has 0 aliphatic heterocycles. The van der Waals surface area contributed by atoms with Crippen LogP contribution in [0.15, 0.2) is 53.7 Å². The van der Waals surface area contributed by atoms with Crippen LogP contribution in [-0.2, 0) is 9.84 Å². The number of nitrogens with zero attached hydrogens (tertiary/aromatic N) is 4. The van der Waals surface area contributed by atoms with E-state index in [2.05, 4.69) is 20.3 Å². The number of nitrogens with one attached hydrogen (secondary N) is 1. The highest BCUT2D eigenvalue weighted by atomic mass is 35.5. The third-order valence-electron chi connectivity index (χ3n) is 5.18. The summed E-state index contributed by atoms with van der Waals surface area (Å²) in [5.41, 5.74) is 2.59. The van der Waals surface area contributed by atoms with Crippen LogP contribution >= 0.6 is 35.6 Å². The maximum absolute atomic E-state index is 12.6. The highest BCUT2D eigenvalue weighted by Crippen LogP contribution is 2.37. The summed E-state index contributed by atoms with van der Waals surface area (Å²) < 4.78 is 30.8. The summed E-state index contributed by atoms with van der Waals surface area (Å²) in [6.45, 7) is 1.23. The molecule has 0 saturated heterocycles. The van der Waals surface area contributed by atoms with Gasteiger partial charge in [-0.3, -0.25) is 4.98 Å². The Morgan fingerprint density at radius 2 is 1.76 bits per heavy atom. The van der Waals surface area contributed by atoms with Gasteiger partial charge < -0.3 is 20.1 Å². The van der Waals surface area contributed by atoms with Crippen molar-refractivity contribution in [1.82, 2.24) is 19.9 Å². The monoisotopic (exact) mass is 583 g/mol. The number of benzene rings is 1. The lowest BCUT2D eigenvalue weighted by Gasteiger charge is -2.15. The van der Waals surface area contributed by atoms with E-state index in [4.69, 9.17) is 27.9 Å². The molecule has 9 nitrogen and oxygen atoms in total. The second-order valence-electron chi connectivity index (χ2n) is 8.28. The molecule has 2 N–H and O–H groups in total. The second-order valence-corrected chi connectivity index (χ2v) is 11.1. The molecule has 4 aromatic rings. The maximum atomic E-state index is 12.6. The number of aromatic nitrogens is 3. The number of phenols is 1. The molecule has 37 heavy (non-hydrogen) atoms. The molecule has 0 fully saturated rings. The zero-order chi connectivity index (χ0) is 26.0. The molecule has 0 radical (unpaired) electrons. The van der Waals surface area contributed by atoms with Gasteiger partial charge in [0.05, 0.1) is 38.8 Å². The standard InChI is InChI=1S/C24H23Cl2N5O4S.ClH/c1-31(2)8-9-35-21-7-4-15(12-28-21)29-23-20(36(3,33)34)13-27-19-6-5-18(30-22(19)23)14-10-16(25)24(32)17(26)11-14;/h4-7,10-13,32H,8-9H2,1-3H3,(H,27,29);1H. The molecule has 13 heteroatoms. The average Bonchev–Trinajstić information content (AvgIpc) is 2.82. The maximum Gasteiger partial charge on any atom is 0.213 e. The van der Waals surface area contributed by atoms with Crippen molar-refractivity contribution in [2.75, 3.05) is 38.8 Å². The summed E-state index contributed by atoms with van der Waals surface area (Å²) in [5.74, 6) is 0.222. The minimum atomic E-state index is -3.66. The molecule has 0 spiro atoms. The van der Waals surface area contributed by atoms with Gasteiger partial charge in [0, 0.05) is 30.6 Å². The van der Waals surface area contributed by atoms with E-state index in [9.17, 15) is 13.5 Å². The van der Waals surface area contributed by atoms with Gasteiger partial charge in [-0.1, -0.05) is 23.2 Å². The topological polar surface area (TPSA) is 118 Å². The van der Waals surface area contributed by atoms with Crippen molar-refractivity contribution in [2.45, 2.75) is 4.90 Å². The Hall–Kier alpha value is -2.89. The molecule has 196 valence electrons. The van der Waals surface area contributed by atoms with E-state index in [0.29, 0.717) is 40.5 Å². The van der Waals surface area contributed by atoms with Crippen LogP contribution in [0.1, 0.15) is 0 Å². The van der Waals surface area contributed by atoms with E-state index in [-0.39, 0.29) is 38.8 Å². The smallest absolute Gasteiger partial charge is 0.213 e. The fraction of sp³-hybridized carbons (Fsp3) is 0.208. The molecule has 0 bridgehead atoms. The largest absolute Gasteiger partial charge is 0.505 e. The summed E-state index contributed by atoms with van der Waals surface area (Å²) >= 11 is 12.2. The fourth-order valence-corrected chi connectivity index (χ4v) is 4.59. The minimum absolute atomic E-state index is 0. The van der Waals surface area contributed by atoms with Crippen molar-refractivity contribution in [2.24, 2.45) is 0 Å². The van der Waals surface area contributed by atoms with Crippen molar-refractivity contribution in [1.29, 1.82) is 0 Å². The highest BCUT2D eigenvalue weighted by Gasteiger charge is 2.20. The number of sulfone groups is 1. The van der Waals surface area contributed by atoms with Gasteiger partial charge in [0.2, 0.25) is 5.88 Å². The van der Waals surface area contributed by atoms with Crippen LogP contribution in [0.5, 0.6) is 11.6 Å². The number of aromatic hydroxyl groups is 1. The van der Waals surface area contributed by atoms with Gasteiger partial charge >= 0.3 is 0 Å². The number of halogens is 3. The summed E-state index contributed by atoms with van der Waals surface area (Å²) in [6, 6.07) is 9.90. The third-order valence-corrected chi connectivity index (χ3v) is 6.87.